The lowest BCUT2D eigenvalue weighted by molar-refractivity contribution is 0.355. The van der Waals surface area contributed by atoms with Crippen molar-refractivity contribution in [3.8, 4) is 6.07 Å². The molecule has 2 aromatic rings. The van der Waals surface area contributed by atoms with E-state index in [0.717, 1.165) is 5.56 Å². The molecule has 0 bridgehead atoms. The second-order valence-corrected chi connectivity index (χ2v) is 5.53. The monoisotopic (exact) mass is 309 g/mol. The van der Waals surface area contributed by atoms with E-state index >= 15 is 0 Å². The van der Waals surface area contributed by atoms with Crippen molar-refractivity contribution >= 4 is 23.2 Å². The van der Waals surface area contributed by atoms with E-state index in [-0.39, 0.29) is 5.92 Å². The minimum atomic E-state index is 0.201. The normalized spacial score (nSPS) is 12.1. The molecule has 1 aromatic heterocycles. The summed E-state index contributed by atoms with van der Waals surface area (Å²) in [5.41, 5.74) is 0.897. The van der Waals surface area contributed by atoms with E-state index in [1.165, 1.54) is 0 Å². The fourth-order valence-electron chi connectivity index (χ4n) is 1.81. The quantitative estimate of drug-likeness (QED) is 0.835. The van der Waals surface area contributed by atoms with Gasteiger partial charge in [-0.2, -0.15) is 10.2 Å². The van der Waals surface area contributed by atoms with Crippen molar-refractivity contribution in [2.24, 2.45) is 5.92 Å². The zero-order valence-corrected chi connectivity index (χ0v) is 12.4. The number of hydrogen-bond donors (Lipinski definition) is 0. The van der Waals surface area contributed by atoms with Crippen molar-refractivity contribution in [3.63, 3.8) is 0 Å². The Balaban J connectivity index is 2.04. The third kappa shape index (κ3) is 3.96. The van der Waals surface area contributed by atoms with Crippen LogP contribution >= 0.6 is 23.2 Å². The summed E-state index contributed by atoms with van der Waals surface area (Å²) in [5, 5.41) is 13.7. The molecule has 0 aliphatic rings. The first-order valence-corrected chi connectivity index (χ1v) is 6.96. The smallest absolute Gasteiger partial charge is 0.226 e. The summed E-state index contributed by atoms with van der Waals surface area (Å²) in [6.07, 6.45) is 1.57. The summed E-state index contributed by atoms with van der Waals surface area (Å²) in [4.78, 5) is 4.31. The van der Waals surface area contributed by atoms with Gasteiger partial charge in [-0.25, -0.2) is 0 Å². The lowest BCUT2D eigenvalue weighted by Gasteiger charge is -2.01. The fraction of sp³-hybridized carbons (Fsp3) is 0.357. The van der Waals surface area contributed by atoms with Gasteiger partial charge in [-0.05, 0) is 23.6 Å². The minimum absolute atomic E-state index is 0.201. The summed E-state index contributed by atoms with van der Waals surface area (Å²) in [5.74, 6) is 1.33. The minimum Gasteiger partial charge on any atom is -0.339 e. The Kier molecular flexibility index (Phi) is 4.99. The van der Waals surface area contributed by atoms with E-state index in [4.69, 9.17) is 33.0 Å². The second-order valence-electron chi connectivity index (χ2n) is 4.69. The summed E-state index contributed by atoms with van der Waals surface area (Å²) >= 11 is 12.0. The molecule has 0 saturated carbocycles. The molecule has 20 heavy (non-hydrogen) atoms. The average Bonchev–Trinajstić information content (AvgIpc) is 2.80. The van der Waals surface area contributed by atoms with Crippen LogP contribution in [0.5, 0.6) is 0 Å². The summed E-state index contributed by atoms with van der Waals surface area (Å²) in [6, 6.07) is 7.44. The highest BCUT2D eigenvalue weighted by molar-refractivity contribution is 6.35. The molecule has 104 valence electrons. The molecule has 1 unspecified atom stereocenters. The van der Waals surface area contributed by atoms with Crippen LogP contribution in [-0.4, -0.2) is 10.1 Å². The molecule has 0 aliphatic heterocycles. The van der Waals surface area contributed by atoms with Crippen molar-refractivity contribution in [1.82, 2.24) is 10.1 Å². The Labute approximate surface area is 127 Å². The van der Waals surface area contributed by atoms with Crippen LogP contribution in [0.3, 0.4) is 0 Å². The van der Waals surface area contributed by atoms with Crippen LogP contribution in [0, 0.1) is 17.2 Å². The van der Waals surface area contributed by atoms with Gasteiger partial charge in [0.15, 0.2) is 5.82 Å². The van der Waals surface area contributed by atoms with Gasteiger partial charge >= 0.3 is 0 Å². The van der Waals surface area contributed by atoms with Crippen LogP contribution in [0.4, 0.5) is 0 Å². The first-order chi connectivity index (χ1) is 9.58. The van der Waals surface area contributed by atoms with Crippen LogP contribution in [0.25, 0.3) is 0 Å². The maximum absolute atomic E-state index is 8.63. The van der Waals surface area contributed by atoms with Gasteiger partial charge in [0.25, 0.3) is 0 Å². The predicted molar refractivity (Wildman–Crippen MR) is 76.7 cm³/mol. The number of rotatable bonds is 5. The molecule has 4 nitrogen and oxygen atoms in total. The van der Waals surface area contributed by atoms with Crippen LogP contribution in [0.1, 0.15) is 30.6 Å². The molecule has 1 heterocycles. The molecule has 0 fully saturated rings. The number of halogens is 2. The topological polar surface area (TPSA) is 62.7 Å². The highest BCUT2D eigenvalue weighted by atomic mass is 35.5. The highest BCUT2D eigenvalue weighted by Gasteiger charge is 2.12. The van der Waals surface area contributed by atoms with E-state index in [2.05, 4.69) is 16.2 Å². The van der Waals surface area contributed by atoms with E-state index in [9.17, 15) is 0 Å². The predicted octanol–water partition coefficient (Wildman–Crippen LogP) is 4.06. The van der Waals surface area contributed by atoms with Crippen molar-refractivity contribution in [1.29, 1.82) is 5.26 Å². The molecule has 0 radical (unpaired) electrons. The SMILES string of the molecule is CC(CC#N)Cc1nc(Cc2ccc(Cl)cc2Cl)no1. The Hall–Kier alpha value is -1.57. The third-order valence-electron chi connectivity index (χ3n) is 2.84. The molecule has 0 aliphatic carbocycles. The lowest BCUT2D eigenvalue weighted by Crippen LogP contribution is -1.99. The lowest BCUT2D eigenvalue weighted by atomic mass is 10.1. The third-order valence-corrected chi connectivity index (χ3v) is 3.42. The van der Waals surface area contributed by atoms with Gasteiger partial charge in [0, 0.05) is 29.3 Å². The van der Waals surface area contributed by atoms with Gasteiger partial charge < -0.3 is 4.52 Å². The molecule has 0 spiro atoms. The van der Waals surface area contributed by atoms with E-state index in [1.54, 1.807) is 12.1 Å². The summed E-state index contributed by atoms with van der Waals surface area (Å²) in [6.45, 7) is 1.98. The van der Waals surface area contributed by atoms with Crippen molar-refractivity contribution in [3.05, 3.63) is 45.5 Å². The summed E-state index contributed by atoms with van der Waals surface area (Å²) < 4.78 is 5.18. The van der Waals surface area contributed by atoms with E-state index < -0.39 is 0 Å². The first-order valence-electron chi connectivity index (χ1n) is 6.21. The molecule has 0 N–H and O–H groups in total. The number of nitrogens with zero attached hydrogens (tertiary/aromatic N) is 3. The molecule has 2 rings (SSSR count). The molecular formula is C14H13Cl2N3O. The zero-order valence-electron chi connectivity index (χ0n) is 10.9. The largest absolute Gasteiger partial charge is 0.339 e. The van der Waals surface area contributed by atoms with Gasteiger partial charge in [0.05, 0.1) is 6.07 Å². The van der Waals surface area contributed by atoms with Crippen LogP contribution in [-0.2, 0) is 12.8 Å². The zero-order chi connectivity index (χ0) is 14.5. The molecular weight excluding hydrogens is 297 g/mol. The van der Waals surface area contributed by atoms with Crippen LogP contribution < -0.4 is 0 Å². The first kappa shape index (κ1) is 14.8. The average molecular weight is 310 g/mol. The number of benzene rings is 1. The Morgan fingerprint density at radius 3 is 2.90 bits per heavy atom. The van der Waals surface area contributed by atoms with Crippen LogP contribution in [0.15, 0.2) is 22.7 Å². The highest BCUT2D eigenvalue weighted by Crippen LogP contribution is 2.22. The van der Waals surface area contributed by atoms with Gasteiger partial charge in [-0.15, -0.1) is 0 Å². The molecule has 6 heteroatoms. The van der Waals surface area contributed by atoms with Gasteiger partial charge in [0.2, 0.25) is 5.89 Å². The van der Waals surface area contributed by atoms with Crippen molar-refractivity contribution in [2.45, 2.75) is 26.2 Å². The molecule has 1 aromatic carbocycles. The van der Waals surface area contributed by atoms with Crippen LogP contribution in [0.2, 0.25) is 10.0 Å². The second kappa shape index (κ2) is 6.74. The van der Waals surface area contributed by atoms with E-state index in [1.807, 2.05) is 13.0 Å². The maximum atomic E-state index is 8.63. The fourth-order valence-corrected chi connectivity index (χ4v) is 2.28. The number of aromatic nitrogens is 2. The number of nitriles is 1. The molecule has 1 atom stereocenters. The van der Waals surface area contributed by atoms with Crippen molar-refractivity contribution in [2.75, 3.05) is 0 Å². The standard InChI is InChI=1S/C14H13Cl2N3O/c1-9(4-5-17)6-14-18-13(19-20-14)7-10-2-3-11(15)8-12(10)16/h2-3,8-9H,4,6-7H2,1H3. The molecule has 0 amide bonds. The molecule has 0 saturated heterocycles. The number of hydrogen-bond acceptors (Lipinski definition) is 4. The van der Waals surface area contributed by atoms with Gasteiger partial charge in [-0.1, -0.05) is 41.3 Å². The van der Waals surface area contributed by atoms with Gasteiger partial charge in [-0.3, -0.25) is 0 Å². The Morgan fingerprint density at radius 2 is 2.20 bits per heavy atom. The maximum Gasteiger partial charge on any atom is 0.226 e. The summed E-state index contributed by atoms with van der Waals surface area (Å²) in [7, 11) is 0. The Bertz CT molecular complexity index is 634. The van der Waals surface area contributed by atoms with Gasteiger partial charge in [0.1, 0.15) is 0 Å². The Morgan fingerprint density at radius 1 is 1.40 bits per heavy atom. The van der Waals surface area contributed by atoms with Crippen molar-refractivity contribution < 1.29 is 4.52 Å². The van der Waals surface area contributed by atoms with E-state index in [0.29, 0.717) is 41.0 Å².